The molecule has 65 heavy (non-hydrogen) atoms. The largest absolute Gasteiger partial charge is 0.508 e. The molecule has 2 aromatic carbocycles. The van der Waals surface area contributed by atoms with Gasteiger partial charge >= 0.3 is 5.97 Å². The minimum Gasteiger partial charge on any atom is -0.508 e. The quantitative estimate of drug-likeness (QED) is 0.123. The van der Waals surface area contributed by atoms with Gasteiger partial charge < -0.3 is 39.6 Å². The van der Waals surface area contributed by atoms with Crippen LogP contribution in [0.15, 0.2) is 54.7 Å². The molecule has 2 fully saturated rings. The predicted octanol–water partition coefficient (Wildman–Crippen LogP) is 4.36. The van der Waals surface area contributed by atoms with Crippen molar-refractivity contribution in [2.24, 2.45) is 11.3 Å². The smallest absolute Gasteiger partial charge is 0.324 e. The zero-order valence-corrected chi connectivity index (χ0v) is 39.1. The number of rotatable bonds is 11. The molecule has 2 aromatic heterocycles. The monoisotopic (exact) mass is 892 g/mol. The molecule has 0 saturated carbocycles. The second-order valence-electron chi connectivity index (χ2n) is 18.9. The molecule has 4 amide bonds. The van der Waals surface area contributed by atoms with Crippen LogP contribution in [0.25, 0.3) is 33.3 Å². The summed E-state index contributed by atoms with van der Waals surface area (Å²) in [6.45, 7) is 13.2. The van der Waals surface area contributed by atoms with E-state index < -0.39 is 47.2 Å². The lowest BCUT2D eigenvalue weighted by Gasteiger charge is -2.37. The average Bonchev–Trinajstić information content (AvgIpc) is 4.09. The number of amides is 4. The number of aromatic nitrogens is 2. The van der Waals surface area contributed by atoms with Crippen molar-refractivity contribution in [1.82, 2.24) is 40.4 Å². The summed E-state index contributed by atoms with van der Waals surface area (Å²) >= 11 is 0. The molecular formula is C49H64N8O8. The Labute approximate surface area is 381 Å². The van der Waals surface area contributed by atoms with Gasteiger partial charge in [-0.3, -0.25) is 34.0 Å². The van der Waals surface area contributed by atoms with E-state index in [-0.39, 0.29) is 55.8 Å². The third-order valence-corrected chi connectivity index (χ3v) is 12.8. The molecule has 4 aromatic rings. The molecule has 348 valence electrons. The number of esters is 1. The number of aromatic hydroxyl groups is 1. The number of fused-ring (bicyclic) bond motifs is 6. The molecule has 5 heterocycles. The van der Waals surface area contributed by atoms with Gasteiger partial charge in [0, 0.05) is 75.3 Å². The molecule has 4 N–H and O–H groups in total. The zero-order valence-electron chi connectivity index (χ0n) is 39.1. The van der Waals surface area contributed by atoms with Crippen LogP contribution >= 0.6 is 0 Å². The number of benzene rings is 2. The molecule has 2 saturated heterocycles. The van der Waals surface area contributed by atoms with Crippen LogP contribution in [0.3, 0.4) is 0 Å². The molecule has 7 rings (SSSR count). The van der Waals surface area contributed by atoms with E-state index in [1.807, 2.05) is 39.0 Å². The third kappa shape index (κ3) is 10.2. The number of phenolic OH excluding ortho intramolecular Hbond substituents is 1. The maximum absolute atomic E-state index is 14.7. The van der Waals surface area contributed by atoms with E-state index in [2.05, 4.69) is 59.6 Å². The number of cyclic esters (lactones) is 1. The van der Waals surface area contributed by atoms with Crippen LogP contribution in [0.5, 0.6) is 5.75 Å². The molecule has 3 aliphatic heterocycles. The van der Waals surface area contributed by atoms with E-state index in [0.29, 0.717) is 43.5 Å². The van der Waals surface area contributed by atoms with E-state index >= 15 is 0 Å². The lowest BCUT2D eigenvalue weighted by atomic mass is 9.84. The Hall–Kier alpha value is -5.84. The molecular weight excluding hydrogens is 829 g/mol. The summed E-state index contributed by atoms with van der Waals surface area (Å²) in [6.07, 6.45) is 2.94. The minimum atomic E-state index is -1.18. The van der Waals surface area contributed by atoms with Crippen molar-refractivity contribution < 1.29 is 38.6 Å². The summed E-state index contributed by atoms with van der Waals surface area (Å²) in [6, 6.07) is 12.1. The number of hydrazine groups is 1. The summed E-state index contributed by atoms with van der Waals surface area (Å²) in [4.78, 5) is 76.6. The van der Waals surface area contributed by atoms with Crippen LogP contribution in [0.4, 0.5) is 0 Å². The molecule has 16 nitrogen and oxygen atoms in total. The van der Waals surface area contributed by atoms with Gasteiger partial charge in [0.1, 0.15) is 23.9 Å². The second kappa shape index (κ2) is 19.3. The number of hydrogen-bond donors (Lipinski definition) is 4. The summed E-state index contributed by atoms with van der Waals surface area (Å²) < 4.78 is 14.2. The number of nitrogens with zero attached hydrogens (tertiary/aromatic N) is 5. The molecule has 5 atom stereocenters. The highest BCUT2D eigenvalue weighted by atomic mass is 16.5. The fourth-order valence-corrected chi connectivity index (χ4v) is 9.30. The molecule has 0 unspecified atom stereocenters. The van der Waals surface area contributed by atoms with E-state index in [0.717, 1.165) is 39.0 Å². The first-order chi connectivity index (χ1) is 30.9. The standard InChI is InChI=1S/C49H64N8O8/c1-10-56-40-16-15-31-23-35(40)36(44(56)34-13-11-17-50-42(34)29(4)64-9)24-49(5,6)27-65-48(63)37-14-12-18-57(53-37)47(62)38(21-30-19-32(31)22-33(58)20-30)52-45(60)43(28(2)3)55(8)41(59)26-54(7)46(61)39-25-51-39/h11,13,15-17,19-20,22-23,28-29,37-39,43,51,53,58H,10,12,14,18,21,24-27H2,1-9H3,(H,52,60)/t29-,37-,38-,39-,43-/m0/s1. The highest BCUT2D eigenvalue weighted by molar-refractivity contribution is 5.96. The Morgan fingerprint density at radius 3 is 2.52 bits per heavy atom. The Kier molecular flexibility index (Phi) is 14.0. The first-order valence-corrected chi connectivity index (χ1v) is 22.7. The number of ether oxygens (including phenoxy) is 2. The number of carbonyl (C=O) groups excluding carboxylic acids is 5. The fourth-order valence-electron chi connectivity index (χ4n) is 9.30. The Bertz CT molecular complexity index is 2460. The number of phenols is 1. The van der Waals surface area contributed by atoms with Crippen LogP contribution in [0.1, 0.15) is 77.3 Å². The molecule has 6 bridgehead atoms. The van der Waals surface area contributed by atoms with Crippen molar-refractivity contribution in [3.8, 4) is 28.1 Å². The van der Waals surface area contributed by atoms with Crippen LogP contribution < -0.4 is 16.1 Å². The maximum Gasteiger partial charge on any atom is 0.324 e. The van der Waals surface area contributed by atoms with E-state index in [1.54, 1.807) is 32.5 Å². The molecule has 0 spiro atoms. The van der Waals surface area contributed by atoms with E-state index in [9.17, 15) is 29.1 Å². The number of carbonyl (C=O) groups is 5. The normalized spacial score (nSPS) is 20.7. The van der Waals surface area contributed by atoms with E-state index in [1.165, 1.54) is 21.9 Å². The summed E-state index contributed by atoms with van der Waals surface area (Å²) in [5.41, 5.74) is 9.48. The number of methoxy groups -OCH3 is 1. The minimum absolute atomic E-state index is 0.0179. The summed E-state index contributed by atoms with van der Waals surface area (Å²) in [7, 11) is 4.74. The van der Waals surface area contributed by atoms with E-state index in [4.69, 9.17) is 14.5 Å². The average molecular weight is 893 g/mol. The molecule has 0 radical (unpaired) electrons. The van der Waals surface area contributed by atoms with Gasteiger partial charge in [-0.25, -0.2) is 5.43 Å². The first-order valence-electron chi connectivity index (χ1n) is 22.7. The number of likely N-dealkylation sites (N-methyl/N-ethyl adjacent to an activating group) is 2. The number of nitrogens with one attached hydrogen (secondary N) is 3. The van der Waals surface area contributed by atoms with Crippen molar-refractivity contribution in [3.63, 3.8) is 0 Å². The van der Waals surface area contributed by atoms with Gasteiger partial charge in [0.05, 0.1) is 36.7 Å². The topological polar surface area (TPSA) is 198 Å². The van der Waals surface area contributed by atoms with Gasteiger partial charge in [0.25, 0.3) is 5.91 Å². The lowest BCUT2D eigenvalue weighted by Crippen LogP contribution is -2.62. The van der Waals surface area contributed by atoms with Crippen molar-refractivity contribution in [2.75, 3.05) is 47.4 Å². The number of aryl methyl sites for hydroxylation is 1. The third-order valence-electron chi connectivity index (χ3n) is 12.8. The highest BCUT2D eigenvalue weighted by Gasteiger charge is 2.39. The summed E-state index contributed by atoms with van der Waals surface area (Å²) in [5, 5.41) is 19.6. The van der Waals surface area contributed by atoms with Crippen LogP contribution in [-0.2, 0) is 52.8 Å². The summed E-state index contributed by atoms with van der Waals surface area (Å²) in [5.74, 6) is -2.56. The van der Waals surface area contributed by atoms with Crippen molar-refractivity contribution >= 4 is 40.5 Å². The Balaban J connectivity index is 1.31. The SMILES string of the molecule is CCn1c(-c2cccnc2[C@H](C)OC)c2c3cc(ccc31)-c1cc(O)cc(c1)C[C@H](NC(=O)[C@H](C(C)C)N(C)C(=O)CN(C)C(=O)[C@@H]1CN1)C(=O)N1CCC[C@H](N1)C(=O)OCC(C)(C)C2. The van der Waals surface area contributed by atoms with Gasteiger partial charge in [-0.05, 0) is 97.7 Å². The Morgan fingerprint density at radius 1 is 1.08 bits per heavy atom. The second-order valence-corrected chi connectivity index (χ2v) is 18.9. The van der Waals surface area contributed by atoms with Crippen LogP contribution in [-0.4, -0.2) is 131 Å². The van der Waals surface area contributed by atoms with Gasteiger partial charge in [-0.15, -0.1) is 0 Å². The maximum atomic E-state index is 14.7. The molecule has 0 aliphatic carbocycles. The van der Waals surface area contributed by atoms with Gasteiger partial charge in [-0.2, -0.15) is 0 Å². The van der Waals surface area contributed by atoms with Crippen molar-refractivity contribution in [2.45, 2.75) is 104 Å². The fraction of sp³-hybridized carbons (Fsp3) is 0.510. The highest BCUT2D eigenvalue weighted by Crippen LogP contribution is 2.42. The predicted molar refractivity (Wildman–Crippen MR) is 246 cm³/mol. The van der Waals surface area contributed by atoms with Crippen molar-refractivity contribution in [1.29, 1.82) is 0 Å². The molecule has 3 aliphatic rings. The van der Waals surface area contributed by atoms with Gasteiger partial charge in [0.15, 0.2) is 0 Å². The zero-order chi connectivity index (χ0) is 46.9. The molecule has 16 heteroatoms. The van der Waals surface area contributed by atoms with Crippen LogP contribution in [0.2, 0.25) is 0 Å². The van der Waals surface area contributed by atoms with Gasteiger partial charge in [0.2, 0.25) is 17.7 Å². The van der Waals surface area contributed by atoms with Crippen molar-refractivity contribution in [3.05, 3.63) is 71.5 Å². The number of hydrogen-bond acceptors (Lipinski definition) is 11. The van der Waals surface area contributed by atoms with Gasteiger partial charge in [-0.1, -0.05) is 39.8 Å². The van der Waals surface area contributed by atoms with Crippen LogP contribution in [0, 0.1) is 11.3 Å². The lowest BCUT2D eigenvalue weighted by molar-refractivity contribution is -0.155. The first kappa shape index (κ1) is 47.1. The number of pyridine rings is 1. The Morgan fingerprint density at radius 2 is 1.83 bits per heavy atom.